The second-order valence-corrected chi connectivity index (χ2v) is 4.97. The van der Waals surface area contributed by atoms with Crippen LogP contribution < -0.4 is 5.32 Å². The van der Waals surface area contributed by atoms with E-state index in [9.17, 15) is 14.4 Å². The van der Waals surface area contributed by atoms with Gasteiger partial charge in [0.1, 0.15) is 0 Å². The molecule has 4 nitrogen and oxygen atoms in total. The minimum atomic E-state index is -0.507. The average Bonchev–Trinajstić information content (AvgIpc) is 2.37. The van der Waals surface area contributed by atoms with Crippen molar-refractivity contribution >= 4 is 18.0 Å². The minimum absolute atomic E-state index is 0.0781. The molecule has 0 aliphatic carbocycles. The molecule has 1 aromatic carbocycles. The number of carbonyl (C=O) groups excluding carboxylic acids is 3. The molecule has 1 atom stereocenters. The predicted octanol–water partition coefficient (Wildman–Crippen LogP) is 2.23. The maximum Gasteiger partial charge on any atom is 0.252 e. The number of benzene rings is 1. The Morgan fingerprint density at radius 1 is 1.26 bits per heavy atom. The van der Waals surface area contributed by atoms with Gasteiger partial charge in [-0.2, -0.15) is 0 Å². The van der Waals surface area contributed by atoms with Crippen molar-refractivity contribution in [1.82, 2.24) is 5.32 Å². The molecule has 1 unspecified atom stereocenters. The largest absolute Gasteiger partial charge is 0.342 e. The van der Waals surface area contributed by atoms with Crippen molar-refractivity contribution in [2.75, 3.05) is 0 Å². The van der Waals surface area contributed by atoms with E-state index >= 15 is 0 Å². The molecule has 0 heterocycles. The molecule has 0 bridgehead atoms. The molecule has 0 aromatic heterocycles. The Labute approximate surface area is 113 Å². The topological polar surface area (TPSA) is 63.2 Å². The summed E-state index contributed by atoms with van der Waals surface area (Å²) in [5, 5.41) is 2.69. The van der Waals surface area contributed by atoms with Gasteiger partial charge in [-0.3, -0.25) is 14.4 Å². The summed E-state index contributed by atoms with van der Waals surface area (Å²) in [6, 6.07) is 6.02. The highest BCUT2D eigenvalue weighted by Gasteiger charge is 2.20. The van der Waals surface area contributed by atoms with Crippen molar-refractivity contribution in [2.45, 2.75) is 33.2 Å². The maximum atomic E-state index is 12.1. The summed E-state index contributed by atoms with van der Waals surface area (Å²) in [5.74, 6) is -0.162. The first-order valence-electron chi connectivity index (χ1n) is 6.31. The van der Waals surface area contributed by atoms with Crippen LogP contribution in [0.5, 0.6) is 0 Å². The molecular formula is C15H19NO3. The van der Waals surface area contributed by atoms with E-state index in [1.54, 1.807) is 24.3 Å². The average molecular weight is 261 g/mol. The molecule has 102 valence electrons. The summed E-state index contributed by atoms with van der Waals surface area (Å²) >= 11 is 0. The molecule has 0 saturated heterocycles. The van der Waals surface area contributed by atoms with Crippen LogP contribution in [0.2, 0.25) is 0 Å². The third-order valence-electron chi connectivity index (χ3n) is 2.84. The van der Waals surface area contributed by atoms with Crippen LogP contribution in [0.1, 0.15) is 47.9 Å². The first kappa shape index (κ1) is 15.1. The number of hydrogen-bond donors (Lipinski definition) is 1. The van der Waals surface area contributed by atoms with Gasteiger partial charge in [0.25, 0.3) is 5.91 Å². The second kappa shape index (κ2) is 6.83. The van der Waals surface area contributed by atoms with Gasteiger partial charge < -0.3 is 5.32 Å². The van der Waals surface area contributed by atoms with Crippen molar-refractivity contribution in [3.63, 3.8) is 0 Å². The Morgan fingerprint density at radius 2 is 1.89 bits per heavy atom. The van der Waals surface area contributed by atoms with Gasteiger partial charge in [-0.25, -0.2) is 0 Å². The first-order valence-corrected chi connectivity index (χ1v) is 6.31. The fourth-order valence-electron chi connectivity index (χ4n) is 1.84. The molecule has 0 aliphatic heterocycles. The van der Waals surface area contributed by atoms with Crippen molar-refractivity contribution in [1.29, 1.82) is 0 Å². The summed E-state index contributed by atoms with van der Waals surface area (Å²) < 4.78 is 0. The number of nitrogens with one attached hydrogen (secondary N) is 1. The fourth-order valence-corrected chi connectivity index (χ4v) is 1.84. The van der Waals surface area contributed by atoms with E-state index in [2.05, 4.69) is 5.32 Å². The quantitative estimate of drug-likeness (QED) is 0.799. The molecule has 0 radical (unpaired) electrons. The number of aldehydes is 1. The fraction of sp³-hybridized carbons (Fsp3) is 0.400. The molecule has 1 aromatic rings. The van der Waals surface area contributed by atoms with Crippen molar-refractivity contribution < 1.29 is 14.4 Å². The third-order valence-corrected chi connectivity index (χ3v) is 2.84. The highest BCUT2D eigenvalue weighted by atomic mass is 16.2. The normalized spacial score (nSPS) is 12.0. The van der Waals surface area contributed by atoms with Gasteiger partial charge in [0.2, 0.25) is 0 Å². The Morgan fingerprint density at radius 3 is 2.42 bits per heavy atom. The van der Waals surface area contributed by atoms with Gasteiger partial charge in [0, 0.05) is 11.1 Å². The van der Waals surface area contributed by atoms with Gasteiger partial charge in [-0.1, -0.05) is 32.0 Å². The van der Waals surface area contributed by atoms with Gasteiger partial charge in [0.15, 0.2) is 12.1 Å². The molecule has 0 fully saturated rings. The zero-order valence-corrected chi connectivity index (χ0v) is 11.5. The number of carbonyl (C=O) groups is 3. The summed E-state index contributed by atoms with van der Waals surface area (Å²) in [5.41, 5.74) is 0.624. The Bertz CT molecular complexity index is 480. The van der Waals surface area contributed by atoms with E-state index in [1.165, 1.54) is 6.92 Å². The van der Waals surface area contributed by atoms with Crippen LogP contribution in [0.4, 0.5) is 0 Å². The smallest absolute Gasteiger partial charge is 0.252 e. The number of hydrogen-bond acceptors (Lipinski definition) is 3. The zero-order chi connectivity index (χ0) is 14.4. The van der Waals surface area contributed by atoms with Gasteiger partial charge in [0.05, 0.1) is 6.04 Å². The highest BCUT2D eigenvalue weighted by molar-refractivity contribution is 6.03. The number of rotatable bonds is 6. The van der Waals surface area contributed by atoms with Crippen LogP contribution in [0, 0.1) is 5.92 Å². The molecule has 1 rings (SSSR count). The van der Waals surface area contributed by atoms with Gasteiger partial charge in [-0.05, 0) is 25.3 Å². The highest BCUT2D eigenvalue weighted by Crippen LogP contribution is 2.10. The molecule has 0 saturated carbocycles. The summed E-state index contributed by atoms with van der Waals surface area (Å²) in [6.07, 6.45) is 1.23. The van der Waals surface area contributed by atoms with Crippen LogP contribution >= 0.6 is 0 Å². The lowest BCUT2D eigenvalue weighted by Gasteiger charge is -2.18. The second-order valence-electron chi connectivity index (χ2n) is 4.97. The maximum absolute atomic E-state index is 12.1. The van der Waals surface area contributed by atoms with Crippen LogP contribution in [-0.4, -0.2) is 24.0 Å². The lowest BCUT2D eigenvalue weighted by Crippen LogP contribution is -2.41. The number of ketones is 1. The Kier molecular flexibility index (Phi) is 5.42. The summed E-state index contributed by atoms with van der Waals surface area (Å²) in [6.45, 7) is 5.43. The van der Waals surface area contributed by atoms with E-state index in [4.69, 9.17) is 0 Å². The van der Waals surface area contributed by atoms with Crippen LogP contribution in [0.25, 0.3) is 0 Å². The van der Waals surface area contributed by atoms with E-state index in [-0.39, 0.29) is 11.7 Å². The SMILES string of the molecule is CC(=O)C(CC(C)C)NC(=O)c1ccccc1C=O. The molecule has 1 N–H and O–H groups in total. The van der Waals surface area contributed by atoms with Crippen LogP contribution in [0.15, 0.2) is 24.3 Å². The number of Topliss-reactive ketones (excluding diaryl/α,β-unsaturated/α-hetero) is 1. The van der Waals surface area contributed by atoms with Crippen molar-refractivity contribution in [3.05, 3.63) is 35.4 Å². The molecule has 19 heavy (non-hydrogen) atoms. The summed E-state index contributed by atoms with van der Waals surface area (Å²) in [4.78, 5) is 34.5. The molecular weight excluding hydrogens is 242 g/mol. The summed E-state index contributed by atoms with van der Waals surface area (Å²) in [7, 11) is 0. The van der Waals surface area contributed by atoms with E-state index in [0.717, 1.165) is 0 Å². The standard InChI is InChI=1S/C15H19NO3/c1-10(2)8-14(11(3)18)16-15(19)13-7-5-4-6-12(13)9-17/h4-7,9-10,14H,8H2,1-3H3,(H,16,19). The van der Waals surface area contributed by atoms with Gasteiger partial charge in [-0.15, -0.1) is 0 Å². The Balaban J connectivity index is 2.87. The molecule has 4 heteroatoms. The van der Waals surface area contributed by atoms with Crippen molar-refractivity contribution in [2.24, 2.45) is 5.92 Å². The minimum Gasteiger partial charge on any atom is -0.342 e. The van der Waals surface area contributed by atoms with E-state index in [1.807, 2.05) is 13.8 Å². The van der Waals surface area contributed by atoms with E-state index < -0.39 is 6.04 Å². The third kappa shape index (κ3) is 4.32. The number of amides is 1. The van der Waals surface area contributed by atoms with Crippen LogP contribution in [-0.2, 0) is 4.79 Å². The van der Waals surface area contributed by atoms with Crippen LogP contribution in [0.3, 0.4) is 0 Å². The Hall–Kier alpha value is -1.97. The lowest BCUT2D eigenvalue weighted by atomic mass is 10.00. The predicted molar refractivity (Wildman–Crippen MR) is 73.2 cm³/mol. The van der Waals surface area contributed by atoms with E-state index in [0.29, 0.717) is 29.8 Å². The molecule has 1 amide bonds. The van der Waals surface area contributed by atoms with Crippen molar-refractivity contribution in [3.8, 4) is 0 Å². The first-order chi connectivity index (χ1) is 8.95. The zero-order valence-electron chi connectivity index (χ0n) is 11.5. The molecule has 0 spiro atoms. The lowest BCUT2D eigenvalue weighted by molar-refractivity contribution is -0.119. The monoisotopic (exact) mass is 261 g/mol. The van der Waals surface area contributed by atoms with Gasteiger partial charge >= 0.3 is 0 Å². The molecule has 0 aliphatic rings.